The van der Waals surface area contributed by atoms with Crippen molar-refractivity contribution in [2.75, 3.05) is 19.8 Å². The van der Waals surface area contributed by atoms with Crippen LogP contribution in [0, 0.1) is 5.92 Å². The third kappa shape index (κ3) is 9.39. The second-order valence-corrected chi connectivity index (χ2v) is 6.24. The number of imide groups is 1. The molecule has 27 heavy (non-hydrogen) atoms. The molecule has 0 aliphatic heterocycles. The highest BCUT2D eigenvalue weighted by Gasteiger charge is 2.11. The van der Waals surface area contributed by atoms with Gasteiger partial charge in [-0.25, -0.2) is 9.59 Å². The molecule has 0 aliphatic rings. The third-order valence-electron chi connectivity index (χ3n) is 3.48. The highest BCUT2D eigenvalue weighted by atomic mass is 16.6. The van der Waals surface area contributed by atoms with Gasteiger partial charge in [0.1, 0.15) is 5.75 Å². The van der Waals surface area contributed by atoms with Crippen LogP contribution in [0.25, 0.3) is 0 Å². The summed E-state index contributed by atoms with van der Waals surface area (Å²) in [5.74, 6) is -0.633. The van der Waals surface area contributed by atoms with Crippen molar-refractivity contribution in [1.29, 1.82) is 0 Å². The van der Waals surface area contributed by atoms with Crippen LogP contribution in [0.1, 0.15) is 44.0 Å². The second kappa shape index (κ2) is 11.7. The topological polar surface area (TPSA) is 111 Å². The van der Waals surface area contributed by atoms with Gasteiger partial charge in [0.25, 0.3) is 5.91 Å². The van der Waals surface area contributed by atoms with E-state index in [1.165, 1.54) is 0 Å². The lowest BCUT2D eigenvalue weighted by atomic mass is 10.1. The normalized spacial score (nSPS) is 10.2. The number of esters is 1. The maximum Gasteiger partial charge on any atom is 0.344 e. The molecule has 0 saturated carbocycles. The Morgan fingerprint density at radius 3 is 2.30 bits per heavy atom. The van der Waals surface area contributed by atoms with Crippen LogP contribution < -0.4 is 15.4 Å². The first-order valence-corrected chi connectivity index (χ1v) is 8.81. The Balaban J connectivity index is 2.25. The average molecular weight is 378 g/mol. The van der Waals surface area contributed by atoms with Crippen molar-refractivity contribution >= 4 is 23.7 Å². The molecule has 0 radical (unpaired) electrons. The van der Waals surface area contributed by atoms with Crippen LogP contribution in [-0.2, 0) is 14.3 Å². The fourth-order valence-electron chi connectivity index (χ4n) is 1.95. The summed E-state index contributed by atoms with van der Waals surface area (Å²) in [6.07, 6.45) is 1.20. The fraction of sp³-hybridized carbons (Fsp3) is 0.474. The predicted octanol–water partition coefficient (Wildman–Crippen LogP) is 2.07. The first-order valence-electron chi connectivity index (χ1n) is 8.81. The highest BCUT2D eigenvalue weighted by molar-refractivity contribution is 5.96. The third-order valence-corrected chi connectivity index (χ3v) is 3.48. The molecule has 0 spiro atoms. The minimum atomic E-state index is -0.751. The van der Waals surface area contributed by atoms with Gasteiger partial charge in [-0.05, 0) is 36.6 Å². The van der Waals surface area contributed by atoms with Crippen molar-refractivity contribution in [3.8, 4) is 5.75 Å². The predicted molar refractivity (Wildman–Crippen MR) is 98.5 cm³/mol. The van der Waals surface area contributed by atoms with Gasteiger partial charge in [-0.3, -0.25) is 14.9 Å². The summed E-state index contributed by atoms with van der Waals surface area (Å²) in [5.41, 5.74) is 0.566. The van der Waals surface area contributed by atoms with Gasteiger partial charge in [-0.2, -0.15) is 0 Å². The monoisotopic (exact) mass is 378 g/mol. The molecule has 2 N–H and O–H groups in total. The Morgan fingerprint density at radius 2 is 1.70 bits per heavy atom. The number of ether oxygens (including phenoxy) is 2. The number of benzene rings is 1. The summed E-state index contributed by atoms with van der Waals surface area (Å²) < 4.78 is 9.97. The minimum absolute atomic E-state index is 0.0141. The van der Waals surface area contributed by atoms with Gasteiger partial charge < -0.3 is 14.8 Å². The molecule has 0 aromatic heterocycles. The zero-order valence-corrected chi connectivity index (χ0v) is 15.9. The smallest absolute Gasteiger partial charge is 0.344 e. The van der Waals surface area contributed by atoms with Crippen LogP contribution >= 0.6 is 0 Å². The van der Waals surface area contributed by atoms with Gasteiger partial charge in [0.15, 0.2) is 19.0 Å². The van der Waals surface area contributed by atoms with E-state index in [1.54, 1.807) is 31.2 Å². The van der Waals surface area contributed by atoms with Crippen LogP contribution in [0.5, 0.6) is 5.75 Å². The lowest BCUT2D eigenvalue weighted by Crippen LogP contribution is -2.42. The molecule has 0 bridgehead atoms. The van der Waals surface area contributed by atoms with Gasteiger partial charge in [0.05, 0.1) is 0 Å². The maximum absolute atomic E-state index is 11.6. The molecule has 8 nitrogen and oxygen atoms in total. The van der Waals surface area contributed by atoms with Crippen molar-refractivity contribution in [2.24, 2.45) is 5.92 Å². The first-order chi connectivity index (χ1) is 12.8. The van der Waals surface area contributed by atoms with E-state index in [9.17, 15) is 19.2 Å². The van der Waals surface area contributed by atoms with Gasteiger partial charge in [0, 0.05) is 18.5 Å². The van der Waals surface area contributed by atoms with E-state index in [1.807, 2.05) is 13.8 Å². The molecular formula is C19H26N2O6. The quantitative estimate of drug-likeness (QED) is 0.476. The van der Waals surface area contributed by atoms with Crippen LogP contribution in [0.4, 0.5) is 4.79 Å². The lowest BCUT2D eigenvalue weighted by molar-refractivity contribution is -0.150. The summed E-state index contributed by atoms with van der Waals surface area (Å²) in [5, 5.41) is 4.60. The number of carbonyl (C=O) groups is 4. The SMILES string of the molecule is CCC(=O)c1ccc(OCC(=O)OCC(=O)NC(=O)NCCC(C)C)cc1. The molecular weight excluding hydrogens is 352 g/mol. The van der Waals surface area contributed by atoms with Crippen LogP contribution in [0.15, 0.2) is 24.3 Å². The Morgan fingerprint density at radius 1 is 1.04 bits per heavy atom. The molecule has 8 heteroatoms. The number of carbonyl (C=O) groups excluding carboxylic acids is 4. The molecule has 0 heterocycles. The number of amides is 3. The van der Waals surface area contributed by atoms with E-state index in [4.69, 9.17) is 9.47 Å². The summed E-state index contributed by atoms with van der Waals surface area (Å²) in [6, 6.07) is 5.74. The summed E-state index contributed by atoms with van der Waals surface area (Å²) in [7, 11) is 0. The molecule has 1 aromatic carbocycles. The molecule has 0 fully saturated rings. The lowest BCUT2D eigenvalue weighted by Gasteiger charge is -2.09. The number of hydrogen-bond acceptors (Lipinski definition) is 6. The van der Waals surface area contributed by atoms with Gasteiger partial charge in [-0.15, -0.1) is 0 Å². The van der Waals surface area contributed by atoms with Gasteiger partial charge >= 0.3 is 12.0 Å². The number of nitrogens with one attached hydrogen (secondary N) is 2. The zero-order chi connectivity index (χ0) is 20.2. The molecule has 0 unspecified atom stereocenters. The summed E-state index contributed by atoms with van der Waals surface area (Å²) >= 11 is 0. The fourth-order valence-corrected chi connectivity index (χ4v) is 1.95. The van der Waals surface area contributed by atoms with Crippen molar-refractivity contribution in [3.05, 3.63) is 29.8 Å². The summed E-state index contributed by atoms with van der Waals surface area (Å²) in [4.78, 5) is 46.1. The molecule has 148 valence electrons. The minimum Gasteiger partial charge on any atom is -0.482 e. The van der Waals surface area contributed by atoms with E-state index in [-0.39, 0.29) is 5.78 Å². The number of ketones is 1. The number of urea groups is 1. The maximum atomic E-state index is 11.6. The van der Waals surface area contributed by atoms with Crippen molar-refractivity contribution in [2.45, 2.75) is 33.6 Å². The Hall–Kier alpha value is -2.90. The molecule has 3 amide bonds. The second-order valence-electron chi connectivity index (χ2n) is 6.24. The zero-order valence-electron chi connectivity index (χ0n) is 15.9. The Bertz CT molecular complexity index is 655. The molecule has 0 aliphatic carbocycles. The van der Waals surface area contributed by atoms with E-state index in [0.717, 1.165) is 6.42 Å². The molecule has 1 aromatic rings. The van der Waals surface area contributed by atoms with Crippen LogP contribution in [0.2, 0.25) is 0 Å². The number of hydrogen-bond donors (Lipinski definition) is 2. The van der Waals surface area contributed by atoms with E-state index in [0.29, 0.717) is 30.2 Å². The Kier molecular flexibility index (Phi) is 9.57. The van der Waals surface area contributed by atoms with Crippen molar-refractivity contribution in [1.82, 2.24) is 10.6 Å². The van der Waals surface area contributed by atoms with E-state index >= 15 is 0 Å². The molecule has 0 atom stereocenters. The average Bonchev–Trinajstić information content (AvgIpc) is 2.64. The molecule has 1 rings (SSSR count). The van der Waals surface area contributed by atoms with E-state index < -0.39 is 31.1 Å². The van der Waals surface area contributed by atoms with Crippen LogP contribution in [-0.4, -0.2) is 43.4 Å². The summed E-state index contributed by atoms with van der Waals surface area (Å²) in [6.45, 7) is 5.29. The van der Waals surface area contributed by atoms with E-state index in [2.05, 4.69) is 10.6 Å². The number of Topliss-reactive ketones (excluding diaryl/α,β-unsaturated/α-hetero) is 1. The number of rotatable bonds is 10. The largest absolute Gasteiger partial charge is 0.482 e. The van der Waals surface area contributed by atoms with Crippen molar-refractivity contribution < 1.29 is 28.7 Å². The van der Waals surface area contributed by atoms with Gasteiger partial charge in [-0.1, -0.05) is 20.8 Å². The molecule has 0 saturated heterocycles. The van der Waals surface area contributed by atoms with Crippen molar-refractivity contribution in [3.63, 3.8) is 0 Å². The standard InChI is InChI=1S/C19H26N2O6/c1-4-16(22)14-5-7-15(8-6-14)26-12-18(24)27-11-17(23)21-19(25)20-10-9-13(2)3/h5-8,13H,4,9-12H2,1-3H3,(H2,20,21,23,25). The van der Waals surface area contributed by atoms with Gasteiger partial charge in [0.2, 0.25) is 0 Å². The highest BCUT2D eigenvalue weighted by Crippen LogP contribution is 2.13. The first kappa shape index (κ1) is 22.1. The van der Waals surface area contributed by atoms with Crippen LogP contribution in [0.3, 0.4) is 0 Å². The Labute approximate surface area is 158 Å².